The molecule has 0 fully saturated rings. The minimum Gasteiger partial charge on any atom is -0.493 e. The fraction of sp³-hybridized carbons (Fsp3) is 0.214. The van der Waals surface area contributed by atoms with Crippen molar-refractivity contribution in [2.45, 2.75) is 13.3 Å². The maximum Gasteiger partial charge on any atom is 0.329 e. The molecule has 39 heavy (non-hydrogen) atoms. The lowest BCUT2D eigenvalue weighted by Gasteiger charge is -2.10. The van der Waals surface area contributed by atoms with Crippen molar-refractivity contribution in [2.24, 2.45) is 5.10 Å². The van der Waals surface area contributed by atoms with Crippen LogP contribution in [0.3, 0.4) is 0 Å². The lowest BCUT2D eigenvalue weighted by atomic mass is 10.1. The number of amides is 3. The first-order valence-corrected chi connectivity index (χ1v) is 12.7. The number of carbonyl (C=O) groups is 3. The number of ether oxygens (including phenoxy) is 3. The number of nitrogens with one attached hydrogen (secondary N) is 3. The zero-order valence-electron chi connectivity index (χ0n) is 21.7. The van der Waals surface area contributed by atoms with Crippen molar-refractivity contribution in [2.75, 3.05) is 32.7 Å². The number of halogens is 1. The Morgan fingerprint density at radius 3 is 2.49 bits per heavy atom. The van der Waals surface area contributed by atoms with Crippen molar-refractivity contribution < 1.29 is 28.6 Å². The SMILES string of the molecule is COc1ccc(CCNC(=O)C(=O)N/N=C\c2cccc(OCC(=O)Nc3ccc(Br)cc3C)c2)cc1OC. The molecule has 0 spiro atoms. The average Bonchev–Trinajstić information content (AvgIpc) is 2.93. The average molecular weight is 597 g/mol. The highest BCUT2D eigenvalue weighted by Crippen LogP contribution is 2.27. The largest absolute Gasteiger partial charge is 0.493 e. The van der Waals surface area contributed by atoms with E-state index in [4.69, 9.17) is 14.2 Å². The summed E-state index contributed by atoms with van der Waals surface area (Å²) >= 11 is 3.39. The van der Waals surface area contributed by atoms with Gasteiger partial charge in [-0.2, -0.15) is 5.10 Å². The highest BCUT2D eigenvalue weighted by molar-refractivity contribution is 9.10. The van der Waals surface area contributed by atoms with Gasteiger partial charge in [0.05, 0.1) is 20.4 Å². The van der Waals surface area contributed by atoms with Gasteiger partial charge < -0.3 is 24.8 Å². The second kappa shape index (κ2) is 14.5. The van der Waals surface area contributed by atoms with Crippen LogP contribution in [0.2, 0.25) is 0 Å². The molecular formula is C28H29BrN4O6. The second-order valence-electron chi connectivity index (χ2n) is 8.26. The van der Waals surface area contributed by atoms with E-state index in [1.54, 1.807) is 50.6 Å². The highest BCUT2D eigenvalue weighted by Gasteiger charge is 2.12. The van der Waals surface area contributed by atoms with Crippen LogP contribution in [0.25, 0.3) is 0 Å². The molecule has 0 bridgehead atoms. The summed E-state index contributed by atoms with van der Waals surface area (Å²) in [7, 11) is 3.10. The Morgan fingerprint density at radius 2 is 1.74 bits per heavy atom. The molecule has 3 amide bonds. The molecule has 10 nitrogen and oxygen atoms in total. The van der Waals surface area contributed by atoms with E-state index >= 15 is 0 Å². The lowest BCUT2D eigenvalue weighted by molar-refractivity contribution is -0.139. The van der Waals surface area contributed by atoms with E-state index in [2.05, 4.69) is 37.1 Å². The zero-order valence-corrected chi connectivity index (χ0v) is 23.3. The van der Waals surface area contributed by atoms with Crippen LogP contribution in [0.15, 0.2) is 70.2 Å². The minimum absolute atomic E-state index is 0.184. The molecule has 0 saturated heterocycles. The number of hydrazone groups is 1. The quantitative estimate of drug-likeness (QED) is 0.176. The van der Waals surface area contributed by atoms with Gasteiger partial charge in [0, 0.05) is 16.7 Å². The molecule has 3 aromatic rings. The lowest BCUT2D eigenvalue weighted by Crippen LogP contribution is -2.38. The Bertz CT molecular complexity index is 1360. The van der Waals surface area contributed by atoms with Gasteiger partial charge in [-0.1, -0.05) is 34.1 Å². The van der Waals surface area contributed by atoms with Gasteiger partial charge in [-0.15, -0.1) is 0 Å². The fourth-order valence-corrected chi connectivity index (χ4v) is 3.92. The van der Waals surface area contributed by atoms with Crippen LogP contribution < -0.4 is 30.3 Å². The first-order valence-electron chi connectivity index (χ1n) is 11.9. The minimum atomic E-state index is -0.897. The van der Waals surface area contributed by atoms with Gasteiger partial charge >= 0.3 is 11.8 Å². The molecule has 0 radical (unpaired) electrons. The number of methoxy groups -OCH3 is 2. The van der Waals surface area contributed by atoms with Crippen molar-refractivity contribution in [3.63, 3.8) is 0 Å². The van der Waals surface area contributed by atoms with Gasteiger partial charge in [0.25, 0.3) is 5.91 Å². The molecule has 0 saturated carbocycles. The molecule has 3 aromatic carbocycles. The molecule has 0 aliphatic heterocycles. The Hall–Kier alpha value is -4.38. The summed E-state index contributed by atoms with van der Waals surface area (Å²) < 4.78 is 17.0. The molecule has 0 aromatic heterocycles. The first-order chi connectivity index (χ1) is 18.8. The van der Waals surface area contributed by atoms with E-state index in [1.165, 1.54) is 6.21 Å². The van der Waals surface area contributed by atoms with Gasteiger partial charge in [0.1, 0.15) is 5.75 Å². The molecule has 204 valence electrons. The number of anilines is 1. The maximum absolute atomic E-state index is 12.3. The first kappa shape index (κ1) is 29.2. The topological polar surface area (TPSA) is 127 Å². The van der Waals surface area contributed by atoms with Crippen LogP contribution in [0.1, 0.15) is 16.7 Å². The number of hydrogen-bond acceptors (Lipinski definition) is 7. The number of hydrogen-bond donors (Lipinski definition) is 3. The summed E-state index contributed by atoms with van der Waals surface area (Å²) in [6.45, 7) is 1.96. The monoisotopic (exact) mass is 596 g/mol. The van der Waals surface area contributed by atoms with Crippen molar-refractivity contribution in [3.05, 3.63) is 81.8 Å². The van der Waals surface area contributed by atoms with Crippen molar-refractivity contribution in [1.82, 2.24) is 10.7 Å². The van der Waals surface area contributed by atoms with Crippen LogP contribution in [-0.4, -0.2) is 51.3 Å². The van der Waals surface area contributed by atoms with Crippen molar-refractivity contribution in [3.8, 4) is 17.2 Å². The predicted octanol–water partition coefficient (Wildman–Crippen LogP) is 3.60. The number of nitrogens with zero attached hydrogens (tertiary/aromatic N) is 1. The van der Waals surface area contributed by atoms with Crippen molar-refractivity contribution in [1.29, 1.82) is 0 Å². The summed E-state index contributed by atoms with van der Waals surface area (Å²) in [6, 6.07) is 17.8. The van der Waals surface area contributed by atoms with Crippen LogP contribution in [0.4, 0.5) is 5.69 Å². The van der Waals surface area contributed by atoms with E-state index in [1.807, 2.05) is 31.2 Å². The van der Waals surface area contributed by atoms with Gasteiger partial charge in [-0.25, -0.2) is 5.43 Å². The number of benzene rings is 3. The Morgan fingerprint density at radius 1 is 0.949 bits per heavy atom. The Labute approximate surface area is 234 Å². The van der Waals surface area contributed by atoms with E-state index in [-0.39, 0.29) is 19.1 Å². The van der Waals surface area contributed by atoms with Gasteiger partial charge in [-0.3, -0.25) is 14.4 Å². The van der Waals surface area contributed by atoms with Gasteiger partial charge in [0.15, 0.2) is 18.1 Å². The molecule has 0 atom stereocenters. The molecule has 0 aliphatic carbocycles. The summed E-state index contributed by atoms with van der Waals surface area (Å²) in [4.78, 5) is 36.4. The van der Waals surface area contributed by atoms with E-state index < -0.39 is 11.8 Å². The van der Waals surface area contributed by atoms with Gasteiger partial charge in [-0.05, 0) is 72.5 Å². The molecule has 0 heterocycles. The third-order valence-electron chi connectivity index (χ3n) is 5.42. The number of carbonyl (C=O) groups excluding carboxylic acids is 3. The van der Waals surface area contributed by atoms with Crippen LogP contribution in [0, 0.1) is 6.92 Å². The van der Waals surface area contributed by atoms with E-state index in [0.29, 0.717) is 34.9 Å². The molecule has 3 N–H and O–H groups in total. The molecule has 11 heteroatoms. The van der Waals surface area contributed by atoms with E-state index in [0.717, 1.165) is 15.6 Å². The number of rotatable bonds is 11. The summed E-state index contributed by atoms with van der Waals surface area (Å²) in [6.07, 6.45) is 1.86. The van der Waals surface area contributed by atoms with Crippen LogP contribution in [0.5, 0.6) is 17.2 Å². The maximum atomic E-state index is 12.3. The Balaban J connectivity index is 1.42. The third kappa shape index (κ3) is 9.15. The normalized spacial score (nSPS) is 10.6. The number of aryl methyl sites for hydroxylation is 1. The summed E-state index contributed by atoms with van der Waals surface area (Å²) in [5, 5.41) is 9.18. The molecule has 0 aliphatic rings. The van der Waals surface area contributed by atoms with Gasteiger partial charge in [0.2, 0.25) is 0 Å². The van der Waals surface area contributed by atoms with E-state index in [9.17, 15) is 14.4 Å². The Kier molecular flexibility index (Phi) is 10.9. The van der Waals surface area contributed by atoms with Crippen LogP contribution in [-0.2, 0) is 20.8 Å². The highest BCUT2D eigenvalue weighted by atomic mass is 79.9. The smallest absolute Gasteiger partial charge is 0.329 e. The summed E-state index contributed by atoms with van der Waals surface area (Å²) in [5.74, 6) is -0.369. The molecule has 0 unspecified atom stereocenters. The third-order valence-corrected chi connectivity index (χ3v) is 5.92. The van der Waals surface area contributed by atoms with Crippen molar-refractivity contribution >= 4 is 45.6 Å². The molecule has 3 rings (SSSR count). The zero-order chi connectivity index (χ0) is 28.2. The predicted molar refractivity (Wildman–Crippen MR) is 151 cm³/mol. The molecular weight excluding hydrogens is 568 g/mol. The fourth-order valence-electron chi connectivity index (χ4n) is 3.44. The second-order valence-corrected chi connectivity index (χ2v) is 9.18. The summed E-state index contributed by atoms with van der Waals surface area (Å²) in [5.41, 5.74) is 5.33. The van der Waals surface area contributed by atoms with Crippen LogP contribution >= 0.6 is 15.9 Å². The standard InChI is InChI=1S/C28H29BrN4O6/c1-18-13-21(29)8-9-23(18)32-26(34)17-39-22-6-4-5-20(14-22)16-31-33-28(36)27(35)30-12-11-19-7-10-24(37-2)25(15-19)38-3/h4-10,13-16H,11-12,17H2,1-3H3,(H,30,35)(H,32,34)(H,33,36)/b31-16-.